The molecule has 2 aromatic heterocycles. The number of carbonyl (C=O) groups is 2. The number of pyridine rings is 1. The Labute approximate surface area is 143 Å². The molecule has 0 aliphatic carbocycles. The van der Waals surface area contributed by atoms with Gasteiger partial charge in [0.2, 0.25) is 11.9 Å². The number of amides is 2. The van der Waals surface area contributed by atoms with Crippen molar-refractivity contribution in [2.24, 2.45) is 5.41 Å². The third-order valence-electron chi connectivity index (χ3n) is 4.88. The van der Waals surface area contributed by atoms with Crippen LogP contribution in [0.1, 0.15) is 23.2 Å². The van der Waals surface area contributed by atoms with Crippen molar-refractivity contribution in [3.05, 3.63) is 48.6 Å². The van der Waals surface area contributed by atoms with Gasteiger partial charge in [0.1, 0.15) is 6.33 Å². The van der Waals surface area contributed by atoms with Gasteiger partial charge in [-0.2, -0.15) is 4.39 Å². The molecule has 2 aliphatic heterocycles. The number of aromatic nitrogens is 3. The predicted molar refractivity (Wildman–Crippen MR) is 86.2 cm³/mol. The van der Waals surface area contributed by atoms with E-state index in [1.165, 1.54) is 18.6 Å². The molecule has 2 fully saturated rings. The molecule has 0 saturated carbocycles. The highest BCUT2D eigenvalue weighted by Gasteiger charge is 2.49. The summed E-state index contributed by atoms with van der Waals surface area (Å²) >= 11 is 0. The molecule has 4 rings (SSSR count). The number of carbonyl (C=O) groups excluding carboxylic acids is 2. The van der Waals surface area contributed by atoms with Crippen LogP contribution in [0.4, 0.5) is 10.1 Å². The van der Waals surface area contributed by atoms with Crippen LogP contribution < -0.4 is 4.90 Å². The lowest BCUT2D eigenvalue weighted by Crippen LogP contribution is -2.34. The lowest BCUT2D eigenvalue weighted by Gasteiger charge is -2.24. The van der Waals surface area contributed by atoms with E-state index in [0.717, 1.165) is 12.5 Å². The Morgan fingerprint density at radius 2 is 2.04 bits per heavy atom. The molecule has 7 nitrogen and oxygen atoms in total. The van der Waals surface area contributed by atoms with E-state index in [1.54, 1.807) is 22.2 Å². The smallest absolute Gasteiger partial charge is 0.254 e. The maximum Gasteiger partial charge on any atom is 0.254 e. The number of anilines is 1. The van der Waals surface area contributed by atoms with Crippen LogP contribution in [0.3, 0.4) is 0 Å². The molecule has 1 spiro atoms. The molecule has 0 N–H and O–H groups in total. The van der Waals surface area contributed by atoms with E-state index in [-0.39, 0.29) is 22.8 Å². The van der Waals surface area contributed by atoms with E-state index < -0.39 is 5.95 Å². The zero-order valence-electron chi connectivity index (χ0n) is 13.4. The first-order valence-electron chi connectivity index (χ1n) is 8.03. The number of likely N-dealkylation sites (tertiary alicyclic amines) is 1. The number of hydrogen-bond acceptors (Lipinski definition) is 5. The molecule has 0 bridgehead atoms. The molecule has 4 heterocycles. The first-order chi connectivity index (χ1) is 12.1. The van der Waals surface area contributed by atoms with E-state index >= 15 is 0 Å². The molecule has 1 atom stereocenters. The third kappa shape index (κ3) is 2.84. The van der Waals surface area contributed by atoms with Gasteiger partial charge in [-0.05, 0) is 12.5 Å². The Morgan fingerprint density at radius 1 is 1.24 bits per heavy atom. The van der Waals surface area contributed by atoms with Crippen molar-refractivity contribution in [3.63, 3.8) is 0 Å². The van der Waals surface area contributed by atoms with Crippen molar-refractivity contribution < 1.29 is 14.0 Å². The average molecular weight is 341 g/mol. The molecular weight excluding hydrogens is 325 g/mol. The molecule has 0 radical (unpaired) electrons. The van der Waals surface area contributed by atoms with Gasteiger partial charge in [-0.1, -0.05) is 0 Å². The highest BCUT2D eigenvalue weighted by atomic mass is 19.1. The van der Waals surface area contributed by atoms with Crippen molar-refractivity contribution in [3.8, 4) is 0 Å². The summed E-state index contributed by atoms with van der Waals surface area (Å²) in [5.41, 5.74) is 0.682. The minimum atomic E-state index is -0.675. The highest BCUT2D eigenvalue weighted by molar-refractivity contribution is 5.97. The minimum absolute atomic E-state index is 0.0130. The quantitative estimate of drug-likeness (QED) is 0.769. The lowest BCUT2D eigenvalue weighted by atomic mass is 9.86. The molecule has 8 heteroatoms. The van der Waals surface area contributed by atoms with Crippen LogP contribution in [0.15, 0.2) is 37.1 Å². The fourth-order valence-electron chi connectivity index (χ4n) is 3.66. The van der Waals surface area contributed by atoms with Crippen molar-refractivity contribution in [1.29, 1.82) is 0 Å². The van der Waals surface area contributed by atoms with Gasteiger partial charge in [0.15, 0.2) is 0 Å². The summed E-state index contributed by atoms with van der Waals surface area (Å²) in [7, 11) is 0. The van der Waals surface area contributed by atoms with Gasteiger partial charge in [-0.25, -0.2) is 15.0 Å². The average Bonchev–Trinajstić information content (AvgIpc) is 3.18. The predicted octanol–water partition coefficient (Wildman–Crippen LogP) is 1.28. The molecule has 0 aromatic carbocycles. The van der Waals surface area contributed by atoms with E-state index in [2.05, 4.69) is 15.0 Å². The molecule has 2 aliphatic rings. The van der Waals surface area contributed by atoms with Crippen molar-refractivity contribution in [2.75, 3.05) is 24.5 Å². The molecular formula is C17H16FN5O2. The second-order valence-corrected chi connectivity index (χ2v) is 6.60. The second-order valence-electron chi connectivity index (χ2n) is 6.60. The van der Waals surface area contributed by atoms with Crippen molar-refractivity contribution in [2.45, 2.75) is 12.8 Å². The van der Waals surface area contributed by atoms with E-state index in [1.807, 2.05) is 0 Å². The summed E-state index contributed by atoms with van der Waals surface area (Å²) in [4.78, 5) is 39.8. The normalized spacial score (nSPS) is 22.8. The zero-order chi connectivity index (χ0) is 17.4. The van der Waals surface area contributed by atoms with Crippen molar-refractivity contribution in [1.82, 2.24) is 19.9 Å². The summed E-state index contributed by atoms with van der Waals surface area (Å²) in [6.07, 6.45) is 7.05. The van der Waals surface area contributed by atoms with E-state index in [0.29, 0.717) is 31.7 Å². The maximum atomic E-state index is 13.3. The van der Waals surface area contributed by atoms with E-state index in [9.17, 15) is 14.0 Å². The maximum absolute atomic E-state index is 13.3. The molecule has 2 amide bonds. The van der Waals surface area contributed by atoms with Gasteiger partial charge in [0.25, 0.3) is 5.91 Å². The SMILES string of the molecule is O=C(c1ccnc(F)c1)N1CC[C@@]2(CC(=O)N(c3cncnc3)C2)C1. The Bertz CT molecular complexity index is 831. The number of halogens is 1. The standard InChI is InChI=1S/C17H16FN5O2/c18-14-5-12(1-3-21-14)16(25)22-4-2-17(9-22)6-15(24)23(10-17)13-7-19-11-20-8-13/h1,3,5,7-8,11H,2,4,6,9-10H2/t17-/m1/s1. The van der Waals surface area contributed by atoms with Gasteiger partial charge in [-0.3, -0.25) is 9.59 Å². The zero-order valence-corrected chi connectivity index (χ0v) is 13.4. The Morgan fingerprint density at radius 3 is 2.80 bits per heavy atom. The molecule has 128 valence electrons. The molecule has 25 heavy (non-hydrogen) atoms. The van der Waals surface area contributed by atoms with Crippen LogP contribution in [0.2, 0.25) is 0 Å². The first-order valence-corrected chi connectivity index (χ1v) is 8.03. The number of nitrogens with zero attached hydrogens (tertiary/aromatic N) is 5. The van der Waals surface area contributed by atoms with E-state index in [4.69, 9.17) is 0 Å². The van der Waals surface area contributed by atoms with Gasteiger partial charge >= 0.3 is 0 Å². The van der Waals surface area contributed by atoms with Gasteiger partial charge in [0, 0.05) is 49.3 Å². The second kappa shape index (κ2) is 5.87. The van der Waals surface area contributed by atoms with Crippen LogP contribution in [0.25, 0.3) is 0 Å². The lowest BCUT2D eigenvalue weighted by molar-refractivity contribution is -0.117. The fourth-order valence-corrected chi connectivity index (χ4v) is 3.66. The van der Waals surface area contributed by atoms with Gasteiger partial charge < -0.3 is 9.80 Å². The molecule has 2 aromatic rings. The summed E-state index contributed by atoms with van der Waals surface area (Å²) in [6.45, 7) is 1.56. The summed E-state index contributed by atoms with van der Waals surface area (Å²) in [5.74, 6) is -0.891. The fraction of sp³-hybridized carbons (Fsp3) is 0.353. The van der Waals surface area contributed by atoms with Crippen LogP contribution >= 0.6 is 0 Å². The number of rotatable bonds is 2. The first kappa shape index (κ1) is 15.6. The van der Waals surface area contributed by atoms with Gasteiger partial charge in [0.05, 0.1) is 18.1 Å². The third-order valence-corrected chi connectivity index (χ3v) is 4.88. The monoisotopic (exact) mass is 341 g/mol. The van der Waals surface area contributed by atoms with Crippen LogP contribution in [0, 0.1) is 11.4 Å². The summed E-state index contributed by atoms with van der Waals surface area (Å²) in [5, 5.41) is 0. The van der Waals surface area contributed by atoms with Crippen LogP contribution in [-0.2, 0) is 4.79 Å². The Kier molecular flexibility index (Phi) is 3.67. The molecule has 0 unspecified atom stereocenters. The summed E-state index contributed by atoms with van der Waals surface area (Å²) in [6, 6.07) is 2.64. The summed E-state index contributed by atoms with van der Waals surface area (Å²) < 4.78 is 13.3. The minimum Gasteiger partial charge on any atom is -0.338 e. The molecule has 2 saturated heterocycles. The number of hydrogen-bond donors (Lipinski definition) is 0. The van der Waals surface area contributed by atoms with Gasteiger partial charge in [-0.15, -0.1) is 0 Å². The largest absolute Gasteiger partial charge is 0.338 e. The van der Waals surface area contributed by atoms with Crippen LogP contribution in [0.5, 0.6) is 0 Å². The topological polar surface area (TPSA) is 79.3 Å². The Hall–Kier alpha value is -2.90. The highest BCUT2D eigenvalue weighted by Crippen LogP contribution is 2.41. The Balaban J connectivity index is 1.50. The van der Waals surface area contributed by atoms with Crippen LogP contribution in [-0.4, -0.2) is 51.3 Å². The van der Waals surface area contributed by atoms with Crippen molar-refractivity contribution >= 4 is 17.5 Å².